The van der Waals surface area contributed by atoms with Crippen LogP contribution < -0.4 is 5.46 Å². The van der Waals surface area contributed by atoms with E-state index in [4.69, 9.17) is 9.31 Å². The molecule has 2 rings (SSSR count). The van der Waals surface area contributed by atoms with Crippen LogP contribution in [0.4, 0.5) is 4.39 Å². The van der Waals surface area contributed by atoms with Gasteiger partial charge in [0.2, 0.25) is 0 Å². The summed E-state index contributed by atoms with van der Waals surface area (Å²) >= 11 is 0. The molecule has 0 unspecified atom stereocenters. The predicted octanol–water partition coefficient (Wildman–Crippen LogP) is 3.32. The third-order valence-corrected chi connectivity index (χ3v) is 4.24. The third-order valence-electron chi connectivity index (χ3n) is 4.24. The lowest BCUT2D eigenvalue weighted by Gasteiger charge is -2.32. The molecule has 0 N–H and O–H groups in total. The van der Waals surface area contributed by atoms with Gasteiger partial charge in [-0.25, -0.2) is 4.39 Å². The van der Waals surface area contributed by atoms with Crippen molar-refractivity contribution in [2.24, 2.45) is 5.92 Å². The SMILES string of the molecule is CC(C)Cc1cc(F)ccc1B1OC(C)(C)C(C)(C)O1. The Labute approximate surface area is 121 Å². The first kappa shape index (κ1) is 15.5. The van der Waals surface area contributed by atoms with E-state index in [0.29, 0.717) is 5.92 Å². The van der Waals surface area contributed by atoms with Crippen LogP contribution in [-0.4, -0.2) is 18.3 Å². The highest BCUT2D eigenvalue weighted by atomic mass is 19.1. The summed E-state index contributed by atoms with van der Waals surface area (Å²) in [5.41, 5.74) is 1.17. The maximum absolute atomic E-state index is 13.5. The smallest absolute Gasteiger partial charge is 0.399 e. The Bertz CT molecular complexity index is 481. The van der Waals surface area contributed by atoms with Crippen molar-refractivity contribution in [3.05, 3.63) is 29.6 Å². The summed E-state index contributed by atoms with van der Waals surface area (Å²) in [5, 5.41) is 0. The molecule has 0 saturated carbocycles. The van der Waals surface area contributed by atoms with E-state index in [1.807, 2.05) is 27.7 Å². The molecule has 4 heteroatoms. The first-order valence-electron chi connectivity index (χ1n) is 7.26. The quantitative estimate of drug-likeness (QED) is 0.790. The minimum atomic E-state index is -0.422. The molecule has 20 heavy (non-hydrogen) atoms. The first-order chi connectivity index (χ1) is 9.12. The van der Waals surface area contributed by atoms with Crippen molar-refractivity contribution >= 4 is 12.6 Å². The third kappa shape index (κ3) is 2.91. The van der Waals surface area contributed by atoms with Gasteiger partial charge in [0.15, 0.2) is 0 Å². The number of hydrogen-bond acceptors (Lipinski definition) is 2. The van der Waals surface area contributed by atoms with Crippen molar-refractivity contribution in [2.45, 2.75) is 59.2 Å². The van der Waals surface area contributed by atoms with Crippen molar-refractivity contribution in [3.63, 3.8) is 0 Å². The summed E-state index contributed by atoms with van der Waals surface area (Å²) < 4.78 is 25.6. The van der Waals surface area contributed by atoms with Crippen LogP contribution in [0.5, 0.6) is 0 Å². The van der Waals surface area contributed by atoms with E-state index in [9.17, 15) is 4.39 Å². The highest BCUT2D eigenvalue weighted by molar-refractivity contribution is 6.62. The van der Waals surface area contributed by atoms with Gasteiger partial charge in [-0.3, -0.25) is 0 Å². The van der Waals surface area contributed by atoms with E-state index in [0.717, 1.165) is 17.4 Å². The molecular formula is C16H24BFO2. The molecule has 0 bridgehead atoms. The summed E-state index contributed by atoms with van der Waals surface area (Å²) in [7, 11) is -0.422. The number of benzene rings is 1. The molecule has 2 nitrogen and oxygen atoms in total. The van der Waals surface area contributed by atoms with Gasteiger partial charge in [0.05, 0.1) is 11.2 Å². The van der Waals surface area contributed by atoms with Gasteiger partial charge in [-0.15, -0.1) is 0 Å². The second-order valence-electron chi connectivity index (χ2n) is 7.03. The molecule has 1 aliphatic rings. The largest absolute Gasteiger partial charge is 0.495 e. The molecule has 0 spiro atoms. The average molecular weight is 278 g/mol. The van der Waals surface area contributed by atoms with Crippen LogP contribution in [0.3, 0.4) is 0 Å². The average Bonchev–Trinajstić information content (AvgIpc) is 2.46. The molecule has 1 aliphatic heterocycles. The summed E-state index contributed by atoms with van der Waals surface area (Å²) in [6.45, 7) is 12.4. The van der Waals surface area contributed by atoms with E-state index >= 15 is 0 Å². The molecule has 0 aliphatic carbocycles. The van der Waals surface area contributed by atoms with Gasteiger partial charge in [0.1, 0.15) is 5.82 Å². The van der Waals surface area contributed by atoms with Crippen molar-refractivity contribution in [1.82, 2.24) is 0 Å². The predicted molar refractivity (Wildman–Crippen MR) is 80.7 cm³/mol. The molecular weight excluding hydrogens is 254 g/mol. The van der Waals surface area contributed by atoms with Crippen LogP contribution in [0.15, 0.2) is 18.2 Å². The van der Waals surface area contributed by atoms with Gasteiger partial charge in [-0.2, -0.15) is 0 Å². The number of hydrogen-bond donors (Lipinski definition) is 0. The minimum absolute atomic E-state index is 0.207. The standard InChI is InChI=1S/C16H24BFO2/c1-11(2)9-12-10-13(18)7-8-14(12)17-19-15(3,4)16(5,6)20-17/h7-8,10-11H,9H2,1-6H3. The van der Waals surface area contributed by atoms with E-state index in [-0.39, 0.29) is 17.0 Å². The first-order valence-corrected chi connectivity index (χ1v) is 7.26. The molecule has 0 aromatic heterocycles. The Balaban J connectivity index is 2.34. The van der Waals surface area contributed by atoms with Gasteiger partial charge >= 0.3 is 7.12 Å². The highest BCUT2D eigenvalue weighted by Crippen LogP contribution is 2.36. The Morgan fingerprint density at radius 1 is 1.10 bits per heavy atom. The topological polar surface area (TPSA) is 18.5 Å². The van der Waals surface area contributed by atoms with E-state index in [2.05, 4.69) is 13.8 Å². The molecule has 1 saturated heterocycles. The normalized spacial score (nSPS) is 20.7. The van der Waals surface area contributed by atoms with Crippen LogP contribution in [0.2, 0.25) is 0 Å². The minimum Gasteiger partial charge on any atom is -0.399 e. The fraction of sp³-hybridized carbons (Fsp3) is 0.625. The Morgan fingerprint density at radius 2 is 1.65 bits per heavy atom. The second-order valence-corrected chi connectivity index (χ2v) is 7.03. The van der Waals surface area contributed by atoms with E-state index in [1.165, 1.54) is 6.07 Å². The van der Waals surface area contributed by atoms with Gasteiger partial charge < -0.3 is 9.31 Å². The van der Waals surface area contributed by atoms with Crippen LogP contribution in [0.25, 0.3) is 0 Å². The zero-order valence-corrected chi connectivity index (χ0v) is 13.3. The molecule has 0 atom stereocenters. The van der Waals surface area contributed by atoms with Gasteiger partial charge in [0, 0.05) is 0 Å². The lowest BCUT2D eigenvalue weighted by molar-refractivity contribution is 0.00578. The Morgan fingerprint density at radius 3 is 2.15 bits per heavy atom. The van der Waals surface area contributed by atoms with Gasteiger partial charge in [-0.05, 0) is 63.2 Å². The Hall–Kier alpha value is -0.865. The van der Waals surface area contributed by atoms with Gasteiger partial charge in [0.25, 0.3) is 0 Å². The highest BCUT2D eigenvalue weighted by Gasteiger charge is 2.52. The van der Waals surface area contributed by atoms with Crippen molar-refractivity contribution in [1.29, 1.82) is 0 Å². The zero-order valence-electron chi connectivity index (χ0n) is 13.3. The van der Waals surface area contributed by atoms with Crippen molar-refractivity contribution in [3.8, 4) is 0 Å². The molecule has 0 radical (unpaired) electrons. The Kier molecular flexibility index (Phi) is 4.00. The molecule has 0 amide bonds. The number of rotatable bonds is 3. The van der Waals surface area contributed by atoms with E-state index < -0.39 is 7.12 Å². The zero-order chi connectivity index (χ0) is 15.1. The fourth-order valence-electron chi connectivity index (χ4n) is 2.39. The maximum Gasteiger partial charge on any atom is 0.495 e. The fourth-order valence-corrected chi connectivity index (χ4v) is 2.39. The number of halogens is 1. The second kappa shape index (κ2) is 5.16. The van der Waals surface area contributed by atoms with Crippen LogP contribution in [0, 0.1) is 11.7 Å². The lowest BCUT2D eigenvalue weighted by atomic mass is 9.74. The summed E-state index contributed by atoms with van der Waals surface area (Å²) in [6, 6.07) is 4.86. The van der Waals surface area contributed by atoms with Crippen LogP contribution in [0.1, 0.15) is 47.1 Å². The molecule has 1 aromatic carbocycles. The van der Waals surface area contributed by atoms with Gasteiger partial charge in [-0.1, -0.05) is 19.9 Å². The summed E-state index contributed by atoms with van der Waals surface area (Å²) in [4.78, 5) is 0. The summed E-state index contributed by atoms with van der Waals surface area (Å²) in [6.07, 6.45) is 0.817. The van der Waals surface area contributed by atoms with E-state index in [1.54, 1.807) is 12.1 Å². The monoisotopic (exact) mass is 278 g/mol. The van der Waals surface area contributed by atoms with Crippen LogP contribution in [-0.2, 0) is 15.7 Å². The van der Waals surface area contributed by atoms with Crippen molar-refractivity contribution in [2.75, 3.05) is 0 Å². The lowest BCUT2D eigenvalue weighted by Crippen LogP contribution is -2.41. The molecule has 1 heterocycles. The molecule has 1 fully saturated rings. The maximum atomic E-state index is 13.5. The van der Waals surface area contributed by atoms with Crippen molar-refractivity contribution < 1.29 is 13.7 Å². The molecule has 110 valence electrons. The summed E-state index contributed by atoms with van der Waals surface area (Å²) in [5.74, 6) is 0.249. The molecule has 1 aromatic rings. The van der Waals surface area contributed by atoms with Crippen LogP contribution >= 0.6 is 0 Å².